The Bertz CT molecular complexity index is 981. The molecule has 3 rings (SSSR count). The molecule has 1 aromatic heterocycles. The van der Waals surface area contributed by atoms with Crippen molar-refractivity contribution in [2.45, 2.75) is 13.3 Å². The second-order valence-electron chi connectivity index (χ2n) is 6.40. The second kappa shape index (κ2) is 9.00. The van der Waals surface area contributed by atoms with Gasteiger partial charge < -0.3 is 9.64 Å². The highest BCUT2D eigenvalue weighted by atomic mass is 16.5. The molecule has 0 saturated heterocycles. The first-order valence-electron chi connectivity index (χ1n) is 9.26. The maximum Gasteiger partial charge on any atom is 0.213 e. The summed E-state index contributed by atoms with van der Waals surface area (Å²) in [5.74, 6) is 0.522. The predicted octanol–water partition coefficient (Wildman–Crippen LogP) is 5.46. The van der Waals surface area contributed by atoms with Crippen molar-refractivity contribution < 1.29 is 9.53 Å². The number of aromatic nitrogens is 1. The third-order valence-electron chi connectivity index (χ3n) is 4.77. The number of hydrogen-bond donors (Lipinski definition) is 0. The van der Waals surface area contributed by atoms with Crippen LogP contribution in [0.5, 0.6) is 5.88 Å². The van der Waals surface area contributed by atoms with Crippen LogP contribution < -0.4 is 9.64 Å². The molecule has 142 valence electrons. The molecule has 0 fully saturated rings. The summed E-state index contributed by atoms with van der Waals surface area (Å²) in [5, 5.41) is 0. The Kier molecular flexibility index (Phi) is 6.22. The predicted molar refractivity (Wildman–Crippen MR) is 115 cm³/mol. The fourth-order valence-electron chi connectivity index (χ4n) is 3.21. The van der Waals surface area contributed by atoms with Gasteiger partial charge in [0.1, 0.15) is 0 Å². The van der Waals surface area contributed by atoms with Crippen molar-refractivity contribution >= 4 is 18.0 Å². The Hall–Kier alpha value is -3.40. The minimum atomic E-state index is 0.522. The molecule has 28 heavy (non-hydrogen) atoms. The van der Waals surface area contributed by atoms with Gasteiger partial charge in [-0.15, -0.1) is 0 Å². The average molecular weight is 372 g/mol. The highest BCUT2D eigenvalue weighted by Crippen LogP contribution is 2.29. The first-order valence-corrected chi connectivity index (χ1v) is 9.26. The van der Waals surface area contributed by atoms with Crippen molar-refractivity contribution in [3.63, 3.8) is 0 Å². The lowest BCUT2D eigenvalue weighted by Crippen LogP contribution is -2.15. The highest BCUT2D eigenvalue weighted by Gasteiger charge is 2.12. The lowest BCUT2D eigenvalue weighted by Gasteiger charge is -2.22. The number of methoxy groups -OCH3 is 1. The number of ether oxygens (including phenoxy) is 1. The van der Waals surface area contributed by atoms with E-state index >= 15 is 0 Å². The molecule has 0 amide bonds. The molecule has 3 aromatic rings. The molecule has 0 aliphatic carbocycles. The third kappa shape index (κ3) is 4.12. The Balaban J connectivity index is 2.06. The van der Waals surface area contributed by atoms with Gasteiger partial charge in [0.25, 0.3) is 0 Å². The fraction of sp³-hybridized carbons (Fsp3) is 0.167. The number of aldehydes is 1. The van der Waals surface area contributed by atoms with Gasteiger partial charge in [-0.25, -0.2) is 4.98 Å². The molecule has 2 aromatic carbocycles. The number of hydrogen-bond acceptors (Lipinski definition) is 4. The highest BCUT2D eigenvalue weighted by molar-refractivity contribution is 5.92. The van der Waals surface area contributed by atoms with Crippen LogP contribution in [0.1, 0.15) is 29.3 Å². The zero-order chi connectivity index (χ0) is 19.9. The van der Waals surface area contributed by atoms with Crippen molar-refractivity contribution in [1.82, 2.24) is 4.98 Å². The van der Waals surface area contributed by atoms with Crippen molar-refractivity contribution in [1.29, 1.82) is 0 Å². The average Bonchev–Trinajstić information content (AvgIpc) is 2.77. The zero-order valence-electron chi connectivity index (χ0n) is 16.4. The van der Waals surface area contributed by atoms with Crippen LogP contribution in [0.15, 0.2) is 72.6 Å². The molecule has 0 N–H and O–H groups in total. The van der Waals surface area contributed by atoms with E-state index in [1.165, 1.54) is 0 Å². The number of benzene rings is 2. The quantitative estimate of drug-likeness (QED) is 0.517. The molecule has 0 aliphatic rings. The topological polar surface area (TPSA) is 42.4 Å². The van der Waals surface area contributed by atoms with E-state index < -0.39 is 0 Å². The van der Waals surface area contributed by atoms with E-state index in [0.717, 1.165) is 40.8 Å². The van der Waals surface area contributed by atoms with Crippen LogP contribution >= 0.6 is 0 Å². The molecule has 0 radical (unpaired) electrons. The number of pyridine rings is 1. The minimum absolute atomic E-state index is 0.522. The normalized spacial score (nSPS) is 11.2. The Morgan fingerprint density at radius 1 is 1.11 bits per heavy atom. The monoisotopic (exact) mass is 372 g/mol. The van der Waals surface area contributed by atoms with Crippen LogP contribution in [0.2, 0.25) is 0 Å². The van der Waals surface area contributed by atoms with Gasteiger partial charge in [-0.3, -0.25) is 4.79 Å². The van der Waals surface area contributed by atoms with Gasteiger partial charge in [-0.1, -0.05) is 43.3 Å². The second-order valence-corrected chi connectivity index (χ2v) is 6.40. The van der Waals surface area contributed by atoms with Crippen LogP contribution in [-0.2, 0) is 0 Å². The summed E-state index contributed by atoms with van der Waals surface area (Å²) in [7, 11) is 3.63. The first kappa shape index (κ1) is 19.4. The first-order chi connectivity index (χ1) is 13.7. The number of nitrogens with zero attached hydrogens (tertiary/aromatic N) is 2. The number of carbonyl (C=O) groups is 1. The van der Waals surface area contributed by atoms with Crippen LogP contribution in [0, 0.1) is 0 Å². The molecule has 0 saturated carbocycles. The fourth-order valence-corrected chi connectivity index (χ4v) is 3.21. The number of anilines is 1. The minimum Gasteiger partial charge on any atom is -0.481 e. The number of carbonyl (C=O) groups excluding carboxylic acids is 1. The number of rotatable bonds is 7. The van der Waals surface area contributed by atoms with E-state index in [0.29, 0.717) is 11.4 Å². The lowest BCUT2D eigenvalue weighted by atomic mass is 9.96. The molecule has 1 heterocycles. The van der Waals surface area contributed by atoms with Crippen LogP contribution in [-0.4, -0.2) is 25.4 Å². The number of para-hydroxylation sites is 1. The van der Waals surface area contributed by atoms with Gasteiger partial charge in [-0.05, 0) is 47.4 Å². The number of allylic oxidation sites excluding steroid dienone is 1. The maximum absolute atomic E-state index is 12.0. The summed E-state index contributed by atoms with van der Waals surface area (Å²) in [6, 6.07) is 19.8. The smallest absolute Gasteiger partial charge is 0.213 e. The summed E-state index contributed by atoms with van der Waals surface area (Å²) in [6.07, 6.45) is 5.53. The van der Waals surface area contributed by atoms with Crippen LogP contribution in [0.4, 0.5) is 5.69 Å². The van der Waals surface area contributed by atoms with E-state index in [1.807, 2.05) is 55.6 Å². The van der Waals surface area contributed by atoms with Crippen molar-refractivity contribution in [3.05, 3.63) is 83.7 Å². The molecular formula is C24H24N2O2. The van der Waals surface area contributed by atoms with Gasteiger partial charge in [0.2, 0.25) is 5.88 Å². The van der Waals surface area contributed by atoms with E-state index in [9.17, 15) is 4.79 Å². The summed E-state index contributed by atoms with van der Waals surface area (Å²) in [4.78, 5) is 18.3. The molecule has 0 atom stereocenters. The zero-order valence-corrected chi connectivity index (χ0v) is 16.4. The van der Waals surface area contributed by atoms with Crippen molar-refractivity contribution in [3.8, 4) is 17.0 Å². The van der Waals surface area contributed by atoms with Crippen molar-refractivity contribution in [2.24, 2.45) is 0 Å². The summed E-state index contributed by atoms with van der Waals surface area (Å²) in [5.41, 5.74) is 5.55. The summed E-state index contributed by atoms with van der Waals surface area (Å²) >= 11 is 0. The molecule has 0 spiro atoms. The van der Waals surface area contributed by atoms with Crippen LogP contribution in [0.3, 0.4) is 0 Å². The SMILES string of the molecule is CC/C(=C/c1cccc(-c2ccnc(OC)c2)c1C=O)N(C)c1ccccc1. The van der Waals surface area contributed by atoms with E-state index in [-0.39, 0.29) is 0 Å². The molecule has 4 nitrogen and oxygen atoms in total. The molecule has 0 aliphatic heterocycles. The van der Waals surface area contributed by atoms with Crippen LogP contribution in [0.25, 0.3) is 17.2 Å². The Morgan fingerprint density at radius 2 is 1.89 bits per heavy atom. The van der Waals surface area contributed by atoms with E-state index in [4.69, 9.17) is 4.74 Å². The van der Waals surface area contributed by atoms with E-state index in [2.05, 4.69) is 35.0 Å². The van der Waals surface area contributed by atoms with Gasteiger partial charge in [0.15, 0.2) is 6.29 Å². The summed E-state index contributed by atoms with van der Waals surface area (Å²) < 4.78 is 5.22. The standard InChI is InChI=1S/C24H24N2O2/c1-4-20(26(2)21-10-6-5-7-11-21)15-18-9-8-12-22(23(18)17-27)19-13-14-25-24(16-19)28-3/h5-17H,4H2,1-3H3/b20-15-. The Labute approximate surface area is 166 Å². The van der Waals surface area contributed by atoms with Crippen molar-refractivity contribution in [2.75, 3.05) is 19.1 Å². The van der Waals surface area contributed by atoms with Gasteiger partial charge in [-0.2, -0.15) is 0 Å². The molecule has 4 heteroatoms. The summed E-state index contributed by atoms with van der Waals surface area (Å²) in [6.45, 7) is 2.11. The molecule has 0 bridgehead atoms. The Morgan fingerprint density at radius 3 is 2.57 bits per heavy atom. The van der Waals surface area contributed by atoms with Gasteiger partial charge >= 0.3 is 0 Å². The third-order valence-corrected chi connectivity index (χ3v) is 4.77. The van der Waals surface area contributed by atoms with Gasteiger partial charge in [0.05, 0.1) is 7.11 Å². The lowest BCUT2D eigenvalue weighted by molar-refractivity contribution is 0.112. The van der Waals surface area contributed by atoms with E-state index in [1.54, 1.807) is 13.3 Å². The largest absolute Gasteiger partial charge is 0.481 e. The van der Waals surface area contributed by atoms with Gasteiger partial charge in [0, 0.05) is 36.3 Å². The molecule has 0 unspecified atom stereocenters. The molecular weight excluding hydrogens is 348 g/mol. The maximum atomic E-state index is 12.0.